The van der Waals surface area contributed by atoms with Crippen molar-refractivity contribution in [2.45, 2.75) is 33.7 Å². The van der Waals surface area contributed by atoms with E-state index in [2.05, 4.69) is 15.6 Å². The lowest BCUT2D eigenvalue weighted by Crippen LogP contribution is -2.27. The number of para-hydroxylation sites is 1. The van der Waals surface area contributed by atoms with Crippen molar-refractivity contribution in [3.8, 4) is 5.69 Å². The van der Waals surface area contributed by atoms with Crippen LogP contribution in [0.4, 0.5) is 0 Å². The fraction of sp³-hybridized carbons (Fsp3) is 0.278. The van der Waals surface area contributed by atoms with Crippen LogP contribution in [0.2, 0.25) is 0 Å². The van der Waals surface area contributed by atoms with Gasteiger partial charge in [0, 0.05) is 11.3 Å². The number of benzene rings is 1. The number of carbonyl (C=O) groups excluding carboxylic acids is 1. The molecule has 0 saturated heterocycles. The van der Waals surface area contributed by atoms with E-state index >= 15 is 0 Å². The molecule has 1 N–H and O–H groups in total. The van der Waals surface area contributed by atoms with E-state index in [-0.39, 0.29) is 11.9 Å². The average Bonchev–Trinajstić information content (AvgIpc) is 3.10. The van der Waals surface area contributed by atoms with Gasteiger partial charge in [-0.2, -0.15) is 5.10 Å². The van der Waals surface area contributed by atoms with Crippen LogP contribution in [0, 0.1) is 20.8 Å². The molecule has 0 fully saturated rings. The van der Waals surface area contributed by atoms with Crippen molar-refractivity contribution in [2.24, 2.45) is 0 Å². The highest BCUT2D eigenvalue weighted by Crippen LogP contribution is 2.21. The molecule has 3 rings (SSSR count). The molecule has 6 heteroatoms. The van der Waals surface area contributed by atoms with Crippen LogP contribution in [-0.2, 0) is 0 Å². The highest BCUT2D eigenvalue weighted by molar-refractivity contribution is 5.96. The zero-order valence-corrected chi connectivity index (χ0v) is 14.2. The van der Waals surface area contributed by atoms with Crippen LogP contribution >= 0.6 is 0 Å². The maximum atomic E-state index is 12.5. The second-order valence-corrected chi connectivity index (χ2v) is 5.83. The van der Waals surface area contributed by atoms with E-state index in [1.54, 1.807) is 20.0 Å². The molecule has 1 amide bonds. The van der Waals surface area contributed by atoms with E-state index in [1.807, 2.05) is 48.9 Å². The van der Waals surface area contributed by atoms with E-state index < -0.39 is 0 Å². The van der Waals surface area contributed by atoms with Crippen LogP contribution in [-0.4, -0.2) is 20.8 Å². The summed E-state index contributed by atoms with van der Waals surface area (Å²) in [6, 6.07) is 9.73. The highest BCUT2D eigenvalue weighted by Gasteiger charge is 2.21. The number of hydrogen-bond donors (Lipinski definition) is 1. The lowest BCUT2D eigenvalue weighted by molar-refractivity contribution is 0.0938. The third kappa shape index (κ3) is 2.82. The number of carbonyl (C=O) groups is 1. The smallest absolute Gasteiger partial charge is 0.257 e. The molecular weight excluding hydrogens is 304 g/mol. The monoisotopic (exact) mass is 324 g/mol. The molecule has 0 unspecified atom stereocenters. The highest BCUT2D eigenvalue weighted by atomic mass is 16.5. The standard InChI is InChI=1S/C18H20N4O2/c1-11(20-18(23)17-12(2)21-24-14(17)4)16-10-19-22(13(16)3)15-8-6-5-7-9-15/h5-11H,1-4H3,(H,20,23)/t11-/m1/s1. The van der Waals surface area contributed by atoms with Gasteiger partial charge in [0.05, 0.1) is 23.6 Å². The van der Waals surface area contributed by atoms with E-state index in [0.29, 0.717) is 17.0 Å². The van der Waals surface area contributed by atoms with Crippen molar-refractivity contribution < 1.29 is 9.32 Å². The first-order valence-electron chi connectivity index (χ1n) is 7.82. The maximum Gasteiger partial charge on any atom is 0.257 e. The van der Waals surface area contributed by atoms with Gasteiger partial charge in [0.25, 0.3) is 5.91 Å². The molecule has 0 aliphatic heterocycles. The molecule has 24 heavy (non-hydrogen) atoms. The SMILES string of the molecule is Cc1noc(C)c1C(=O)N[C@H](C)c1cnn(-c2ccccc2)c1C. The summed E-state index contributed by atoms with van der Waals surface area (Å²) < 4.78 is 6.93. The Morgan fingerprint density at radius 3 is 2.54 bits per heavy atom. The van der Waals surface area contributed by atoms with Gasteiger partial charge < -0.3 is 9.84 Å². The molecule has 2 heterocycles. The lowest BCUT2D eigenvalue weighted by atomic mass is 10.1. The molecule has 0 aliphatic carbocycles. The number of hydrogen-bond acceptors (Lipinski definition) is 4. The summed E-state index contributed by atoms with van der Waals surface area (Å²) >= 11 is 0. The number of amides is 1. The normalized spacial score (nSPS) is 12.2. The molecule has 1 aromatic carbocycles. The largest absolute Gasteiger partial charge is 0.361 e. The topological polar surface area (TPSA) is 73.0 Å². The Morgan fingerprint density at radius 2 is 1.92 bits per heavy atom. The van der Waals surface area contributed by atoms with Crippen LogP contribution < -0.4 is 5.32 Å². The van der Waals surface area contributed by atoms with Gasteiger partial charge in [-0.1, -0.05) is 23.4 Å². The first kappa shape index (κ1) is 16.0. The maximum absolute atomic E-state index is 12.5. The summed E-state index contributed by atoms with van der Waals surface area (Å²) in [6.45, 7) is 7.43. The van der Waals surface area contributed by atoms with E-state index in [0.717, 1.165) is 16.9 Å². The molecule has 1 atom stereocenters. The Labute approximate surface area is 140 Å². The molecule has 3 aromatic rings. The van der Waals surface area contributed by atoms with Gasteiger partial charge in [-0.05, 0) is 39.8 Å². The van der Waals surface area contributed by atoms with Gasteiger partial charge in [-0.3, -0.25) is 4.79 Å². The minimum Gasteiger partial charge on any atom is -0.361 e. The van der Waals surface area contributed by atoms with Crippen molar-refractivity contribution in [3.05, 3.63) is 64.8 Å². The Hall–Kier alpha value is -2.89. The minimum atomic E-state index is -0.189. The Bertz CT molecular complexity index is 845. The summed E-state index contributed by atoms with van der Waals surface area (Å²) in [5.41, 5.74) is 4.04. The van der Waals surface area contributed by atoms with Crippen molar-refractivity contribution in [1.82, 2.24) is 20.3 Å². The molecule has 6 nitrogen and oxygen atoms in total. The lowest BCUT2D eigenvalue weighted by Gasteiger charge is -2.14. The molecule has 0 spiro atoms. The minimum absolute atomic E-state index is 0.177. The van der Waals surface area contributed by atoms with Crippen molar-refractivity contribution in [3.63, 3.8) is 0 Å². The number of nitrogens with one attached hydrogen (secondary N) is 1. The summed E-state index contributed by atoms with van der Waals surface area (Å²) in [7, 11) is 0. The van der Waals surface area contributed by atoms with Gasteiger partial charge in [0.1, 0.15) is 11.3 Å². The fourth-order valence-corrected chi connectivity index (χ4v) is 2.83. The Balaban J connectivity index is 1.83. The van der Waals surface area contributed by atoms with Crippen LogP contribution in [0.5, 0.6) is 0 Å². The van der Waals surface area contributed by atoms with Crippen LogP contribution in [0.15, 0.2) is 41.1 Å². The van der Waals surface area contributed by atoms with Crippen molar-refractivity contribution in [2.75, 3.05) is 0 Å². The first-order valence-corrected chi connectivity index (χ1v) is 7.82. The van der Waals surface area contributed by atoms with Crippen molar-refractivity contribution >= 4 is 5.91 Å². The second kappa shape index (κ2) is 6.31. The van der Waals surface area contributed by atoms with Gasteiger partial charge in [0.2, 0.25) is 0 Å². The zero-order valence-electron chi connectivity index (χ0n) is 14.2. The Kier molecular flexibility index (Phi) is 4.20. The molecule has 0 bridgehead atoms. The van der Waals surface area contributed by atoms with Crippen LogP contribution in [0.25, 0.3) is 5.69 Å². The van der Waals surface area contributed by atoms with Gasteiger partial charge in [-0.15, -0.1) is 0 Å². The van der Waals surface area contributed by atoms with Gasteiger partial charge in [0.15, 0.2) is 0 Å². The molecular formula is C18H20N4O2. The van der Waals surface area contributed by atoms with Crippen LogP contribution in [0.1, 0.15) is 46.0 Å². The average molecular weight is 324 g/mol. The number of nitrogens with zero attached hydrogens (tertiary/aromatic N) is 3. The van der Waals surface area contributed by atoms with Gasteiger partial charge in [-0.25, -0.2) is 4.68 Å². The zero-order chi connectivity index (χ0) is 17.3. The molecule has 0 radical (unpaired) electrons. The third-order valence-corrected chi connectivity index (χ3v) is 4.12. The van der Waals surface area contributed by atoms with Crippen LogP contribution in [0.3, 0.4) is 0 Å². The van der Waals surface area contributed by atoms with Gasteiger partial charge >= 0.3 is 0 Å². The summed E-state index contributed by atoms with van der Waals surface area (Å²) in [5, 5.41) is 11.3. The van der Waals surface area contributed by atoms with E-state index in [1.165, 1.54) is 0 Å². The Morgan fingerprint density at radius 1 is 1.21 bits per heavy atom. The third-order valence-electron chi connectivity index (χ3n) is 4.12. The van der Waals surface area contributed by atoms with Crippen molar-refractivity contribution in [1.29, 1.82) is 0 Å². The predicted molar refractivity (Wildman–Crippen MR) is 90.2 cm³/mol. The number of aryl methyl sites for hydroxylation is 2. The van der Waals surface area contributed by atoms with E-state index in [9.17, 15) is 4.79 Å². The summed E-state index contributed by atoms with van der Waals surface area (Å²) in [5.74, 6) is 0.333. The quantitative estimate of drug-likeness (QED) is 0.799. The predicted octanol–water partition coefficient (Wildman–Crippen LogP) is 3.28. The molecule has 124 valence electrons. The molecule has 2 aromatic heterocycles. The fourth-order valence-electron chi connectivity index (χ4n) is 2.83. The first-order chi connectivity index (χ1) is 11.5. The molecule has 0 saturated carbocycles. The molecule has 0 aliphatic rings. The second-order valence-electron chi connectivity index (χ2n) is 5.83. The number of aromatic nitrogens is 3. The van der Waals surface area contributed by atoms with E-state index in [4.69, 9.17) is 4.52 Å². The summed E-state index contributed by atoms with van der Waals surface area (Å²) in [4.78, 5) is 12.5. The number of rotatable bonds is 4. The summed E-state index contributed by atoms with van der Waals surface area (Å²) in [6.07, 6.45) is 1.79.